The number of rotatable bonds is 3. The van der Waals surface area contributed by atoms with E-state index >= 15 is 0 Å². The molecule has 0 amide bonds. The van der Waals surface area contributed by atoms with Gasteiger partial charge in [0.2, 0.25) is 0 Å². The Labute approximate surface area is 271 Å². The Kier molecular flexibility index (Phi) is 6.70. The minimum Gasteiger partial charge on any atom is -0.454 e. The molecule has 0 fully saturated rings. The van der Waals surface area contributed by atoms with Crippen LogP contribution in [0, 0.1) is 0 Å². The van der Waals surface area contributed by atoms with Crippen molar-refractivity contribution in [3.8, 4) is 39.1 Å². The second-order valence-electron chi connectivity index (χ2n) is 11.7. The maximum absolute atomic E-state index is 6.96. The molecule has 0 aromatic heterocycles. The molecule has 2 nitrogen and oxygen atoms in total. The Morgan fingerprint density at radius 3 is 1.96 bits per heavy atom. The van der Waals surface area contributed by atoms with Gasteiger partial charge < -0.3 is 9.64 Å². The fourth-order valence-corrected chi connectivity index (χ4v) is 7.15. The molecule has 45 heavy (non-hydrogen) atoms. The van der Waals surface area contributed by atoms with E-state index in [9.17, 15) is 0 Å². The number of nitrogens with zero attached hydrogens (tertiary/aromatic N) is 1. The zero-order chi connectivity index (χ0) is 29.0. The second kappa shape index (κ2) is 11.0. The predicted octanol–water partition coefficient (Wildman–Crippen LogP) is 11.1. The van der Waals surface area contributed by atoms with Crippen LogP contribution in [0.1, 0.15) is 23.5 Å². The quantitative estimate of drug-likeness (QED) is 0.201. The Bertz CT molecular complexity index is 2130. The van der Waals surface area contributed by atoms with Crippen molar-refractivity contribution in [1.82, 2.24) is 0 Å². The minimum atomic E-state index is 0. The van der Waals surface area contributed by atoms with E-state index < -0.39 is 0 Å². The van der Waals surface area contributed by atoms with Gasteiger partial charge in [-0.3, -0.25) is 0 Å². The Morgan fingerprint density at radius 1 is 0.533 bits per heavy atom. The Balaban J connectivity index is 0.00000300. The predicted molar refractivity (Wildman–Crippen MR) is 191 cm³/mol. The van der Waals surface area contributed by atoms with Crippen molar-refractivity contribution in [3.05, 3.63) is 180 Å². The van der Waals surface area contributed by atoms with Gasteiger partial charge in [0.15, 0.2) is 5.76 Å². The van der Waals surface area contributed by atoms with Gasteiger partial charge >= 0.3 is 0 Å². The van der Waals surface area contributed by atoms with E-state index in [1.807, 2.05) is 0 Å². The average Bonchev–Trinajstić information content (AvgIpc) is 3.36. The SMILES string of the molecule is C1=C2C(=C3C(C1)c1ccccc1N3c1ccc(-c3cccc(-c4ccccc4)c3)cc1)Oc1ccccc1-c1ccccc12.S. The standard InChI is InChI=1S/C42H29NO.H2S/c1-2-11-28(12-3-1)30-13-10-14-31(27-30)29-21-23-32(24-22-29)43-39-19-8-6-17-35(39)37-25-26-38-34-16-5-4-15-33(34)36-18-7-9-20-40(36)44-42(38)41(37)43;/h1-24,26-27,37H,25H2;1H2. The number of hydrogen-bond acceptors (Lipinski definition) is 2. The van der Waals surface area contributed by atoms with Crippen molar-refractivity contribution < 1.29 is 4.74 Å². The summed E-state index contributed by atoms with van der Waals surface area (Å²) < 4.78 is 6.96. The third-order valence-corrected chi connectivity index (χ3v) is 9.19. The maximum atomic E-state index is 6.96. The minimum absolute atomic E-state index is 0. The van der Waals surface area contributed by atoms with Gasteiger partial charge in [0, 0.05) is 28.4 Å². The van der Waals surface area contributed by atoms with E-state index in [0.717, 1.165) is 29.2 Å². The van der Waals surface area contributed by atoms with Crippen molar-refractivity contribution in [2.75, 3.05) is 4.90 Å². The lowest BCUT2D eigenvalue weighted by atomic mass is 9.84. The topological polar surface area (TPSA) is 12.5 Å². The summed E-state index contributed by atoms with van der Waals surface area (Å²) in [5.41, 5.74) is 14.5. The maximum Gasteiger partial charge on any atom is 0.155 e. The van der Waals surface area contributed by atoms with Crippen LogP contribution in [0.5, 0.6) is 5.75 Å². The van der Waals surface area contributed by atoms with E-state index in [1.54, 1.807) is 0 Å². The lowest BCUT2D eigenvalue weighted by Crippen LogP contribution is -2.21. The first-order chi connectivity index (χ1) is 21.8. The van der Waals surface area contributed by atoms with Gasteiger partial charge in [-0.2, -0.15) is 13.5 Å². The van der Waals surface area contributed by atoms with E-state index in [2.05, 4.69) is 163 Å². The molecule has 9 rings (SSSR count). The third kappa shape index (κ3) is 4.43. The molecule has 216 valence electrons. The highest BCUT2D eigenvalue weighted by Gasteiger charge is 2.41. The summed E-state index contributed by atoms with van der Waals surface area (Å²) in [6.07, 6.45) is 3.32. The van der Waals surface area contributed by atoms with E-state index in [0.29, 0.717) is 0 Å². The van der Waals surface area contributed by atoms with Gasteiger partial charge in [-0.1, -0.05) is 127 Å². The molecule has 0 saturated carbocycles. The molecule has 0 bridgehead atoms. The molecular weight excluding hydrogens is 567 g/mol. The molecule has 2 heterocycles. The van der Waals surface area contributed by atoms with Crippen LogP contribution in [0.3, 0.4) is 0 Å². The lowest BCUT2D eigenvalue weighted by Gasteiger charge is -2.29. The molecule has 1 unspecified atom stereocenters. The molecule has 6 aromatic carbocycles. The number of allylic oxidation sites excluding steroid dienone is 3. The van der Waals surface area contributed by atoms with Gasteiger partial charge in [0.05, 0.1) is 5.70 Å². The van der Waals surface area contributed by atoms with Crippen LogP contribution in [0.2, 0.25) is 0 Å². The molecule has 0 spiro atoms. The normalized spacial score (nSPS) is 15.7. The molecule has 3 heteroatoms. The highest BCUT2D eigenvalue weighted by Crippen LogP contribution is 2.56. The number of anilines is 2. The first-order valence-electron chi connectivity index (χ1n) is 15.3. The molecule has 0 saturated heterocycles. The molecule has 3 aliphatic rings. The smallest absolute Gasteiger partial charge is 0.155 e. The van der Waals surface area contributed by atoms with Crippen LogP contribution in [0.15, 0.2) is 169 Å². The summed E-state index contributed by atoms with van der Waals surface area (Å²) in [5.74, 6) is 2.08. The van der Waals surface area contributed by atoms with Gasteiger partial charge in [-0.05, 0) is 75.7 Å². The van der Waals surface area contributed by atoms with E-state index in [1.165, 1.54) is 55.9 Å². The fraction of sp³-hybridized carbons (Fsp3) is 0.0476. The van der Waals surface area contributed by atoms with Gasteiger partial charge in [-0.15, -0.1) is 0 Å². The largest absolute Gasteiger partial charge is 0.454 e. The van der Waals surface area contributed by atoms with E-state index in [4.69, 9.17) is 4.74 Å². The molecule has 0 N–H and O–H groups in total. The summed E-state index contributed by atoms with van der Waals surface area (Å²) in [6.45, 7) is 0. The number of para-hydroxylation sites is 2. The van der Waals surface area contributed by atoms with Crippen molar-refractivity contribution in [2.45, 2.75) is 12.3 Å². The molecular formula is C42H31NOS. The van der Waals surface area contributed by atoms with Crippen molar-refractivity contribution >= 4 is 30.4 Å². The third-order valence-electron chi connectivity index (χ3n) is 9.19. The van der Waals surface area contributed by atoms with Crippen LogP contribution in [-0.2, 0) is 0 Å². The molecule has 2 aliphatic heterocycles. The number of hydrogen-bond donors (Lipinski definition) is 0. The van der Waals surface area contributed by atoms with E-state index in [-0.39, 0.29) is 19.4 Å². The summed E-state index contributed by atoms with van der Waals surface area (Å²) in [6, 6.07) is 54.3. The summed E-state index contributed by atoms with van der Waals surface area (Å²) in [5, 5.41) is 0. The summed E-state index contributed by atoms with van der Waals surface area (Å²) in [4.78, 5) is 2.43. The van der Waals surface area contributed by atoms with Crippen molar-refractivity contribution in [2.24, 2.45) is 0 Å². The fourth-order valence-electron chi connectivity index (χ4n) is 7.15. The second-order valence-corrected chi connectivity index (χ2v) is 11.7. The lowest BCUT2D eigenvalue weighted by molar-refractivity contribution is 0.437. The van der Waals surface area contributed by atoms with Crippen LogP contribution >= 0.6 is 13.5 Å². The molecule has 1 atom stereocenters. The van der Waals surface area contributed by atoms with Gasteiger partial charge in [0.25, 0.3) is 0 Å². The van der Waals surface area contributed by atoms with Crippen molar-refractivity contribution in [1.29, 1.82) is 0 Å². The molecule has 1 aliphatic carbocycles. The highest BCUT2D eigenvalue weighted by atomic mass is 32.1. The monoisotopic (exact) mass is 597 g/mol. The summed E-state index contributed by atoms with van der Waals surface area (Å²) in [7, 11) is 0. The van der Waals surface area contributed by atoms with Gasteiger partial charge in [0.1, 0.15) is 5.75 Å². The zero-order valence-corrected chi connectivity index (χ0v) is 25.7. The zero-order valence-electron chi connectivity index (χ0n) is 24.7. The molecule has 0 radical (unpaired) electrons. The Hall–Kier alpha value is -5.25. The first kappa shape index (κ1) is 27.3. The van der Waals surface area contributed by atoms with Crippen molar-refractivity contribution in [3.63, 3.8) is 0 Å². The van der Waals surface area contributed by atoms with Crippen LogP contribution in [0.25, 0.3) is 39.0 Å². The number of fused-ring (bicyclic) bond motifs is 8. The van der Waals surface area contributed by atoms with Crippen LogP contribution < -0.4 is 9.64 Å². The highest BCUT2D eigenvalue weighted by molar-refractivity contribution is 7.59. The van der Waals surface area contributed by atoms with Crippen LogP contribution in [-0.4, -0.2) is 0 Å². The number of ether oxygens (including phenoxy) is 1. The Morgan fingerprint density at radius 2 is 1.16 bits per heavy atom. The first-order valence-corrected chi connectivity index (χ1v) is 15.3. The number of benzene rings is 6. The van der Waals surface area contributed by atoms with Gasteiger partial charge in [-0.25, -0.2) is 0 Å². The van der Waals surface area contributed by atoms with Crippen LogP contribution in [0.4, 0.5) is 11.4 Å². The summed E-state index contributed by atoms with van der Waals surface area (Å²) >= 11 is 0. The molecule has 6 aromatic rings. The average molecular weight is 598 g/mol.